The van der Waals surface area contributed by atoms with Crippen LogP contribution in [0, 0.1) is 11.8 Å². The van der Waals surface area contributed by atoms with Gasteiger partial charge in [-0.1, -0.05) is 6.07 Å². The summed E-state index contributed by atoms with van der Waals surface area (Å²) in [6.45, 7) is 3.60. The second kappa shape index (κ2) is 6.21. The molecule has 3 heterocycles. The Labute approximate surface area is 137 Å². The molecule has 1 amide bonds. The first-order chi connectivity index (χ1) is 11.2. The van der Waals surface area contributed by atoms with Crippen LogP contribution in [-0.4, -0.2) is 58.1 Å². The van der Waals surface area contributed by atoms with Gasteiger partial charge in [0.1, 0.15) is 6.04 Å². The Bertz CT molecular complexity index is 545. The minimum Gasteiger partial charge on any atom is -0.393 e. The van der Waals surface area contributed by atoms with E-state index >= 15 is 0 Å². The number of carbonyl (C=O) groups is 1. The molecule has 3 aliphatic rings. The quantitative estimate of drug-likeness (QED) is 0.917. The topological polar surface area (TPSA) is 56.7 Å². The van der Waals surface area contributed by atoms with E-state index in [4.69, 9.17) is 0 Å². The Hall–Kier alpha value is -1.46. The van der Waals surface area contributed by atoms with Crippen LogP contribution >= 0.6 is 0 Å². The molecule has 0 radical (unpaired) electrons. The number of carbonyl (C=O) groups excluding carboxylic acids is 1. The largest absolute Gasteiger partial charge is 0.393 e. The molecular weight excluding hydrogens is 290 g/mol. The molecular formula is C18H25N3O2. The first kappa shape index (κ1) is 15.1. The monoisotopic (exact) mass is 315 g/mol. The van der Waals surface area contributed by atoms with Crippen molar-refractivity contribution in [3.63, 3.8) is 0 Å². The van der Waals surface area contributed by atoms with Crippen LogP contribution in [0.2, 0.25) is 0 Å². The average molecular weight is 315 g/mol. The van der Waals surface area contributed by atoms with E-state index in [2.05, 4.69) is 9.88 Å². The van der Waals surface area contributed by atoms with Crippen molar-refractivity contribution in [1.29, 1.82) is 0 Å². The van der Waals surface area contributed by atoms with Crippen molar-refractivity contribution in [1.82, 2.24) is 14.8 Å². The highest BCUT2D eigenvalue weighted by Crippen LogP contribution is 2.39. The number of likely N-dealkylation sites (tertiary alicyclic amines) is 2. The van der Waals surface area contributed by atoms with E-state index in [-0.39, 0.29) is 18.1 Å². The molecule has 1 aromatic heterocycles. The van der Waals surface area contributed by atoms with Gasteiger partial charge in [0.15, 0.2) is 0 Å². The number of aliphatic hydroxyl groups excluding tert-OH is 1. The maximum atomic E-state index is 13.2. The summed E-state index contributed by atoms with van der Waals surface area (Å²) in [7, 11) is 0. The molecule has 5 nitrogen and oxygen atoms in total. The highest BCUT2D eigenvalue weighted by Gasteiger charge is 2.44. The van der Waals surface area contributed by atoms with Crippen LogP contribution in [0.1, 0.15) is 37.3 Å². The standard InChI is InChI=1S/C18H25N3O2/c22-16-8-14-11-21(12-15(14)9-16)18(23)17(20-6-1-2-7-20)13-4-3-5-19-10-13/h3-5,10,14-17,22H,1-2,6-9,11-12H2/t14-,15+,16?,17?. The molecule has 23 heavy (non-hydrogen) atoms. The van der Waals surface area contributed by atoms with Crippen molar-refractivity contribution in [2.75, 3.05) is 26.2 Å². The fourth-order valence-corrected chi connectivity index (χ4v) is 4.67. The van der Waals surface area contributed by atoms with Crippen LogP contribution in [0.15, 0.2) is 24.5 Å². The summed E-state index contributed by atoms with van der Waals surface area (Å²) in [5, 5.41) is 9.80. The number of fused-ring (bicyclic) bond motifs is 1. The molecule has 4 rings (SSSR count). The lowest BCUT2D eigenvalue weighted by molar-refractivity contribution is -0.136. The molecule has 0 aromatic carbocycles. The fraction of sp³-hybridized carbons (Fsp3) is 0.667. The molecule has 2 aliphatic heterocycles. The first-order valence-corrected chi connectivity index (χ1v) is 8.83. The third kappa shape index (κ3) is 2.88. The number of hydrogen-bond acceptors (Lipinski definition) is 4. The minimum atomic E-state index is -0.185. The Morgan fingerprint density at radius 1 is 1.22 bits per heavy atom. The summed E-state index contributed by atoms with van der Waals surface area (Å²) >= 11 is 0. The molecule has 124 valence electrons. The maximum Gasteiger partial charge on any atom is 0.244 e. The lowest BCUT2D eigenvalue weighted by atomic mass is 10.0. The summed E-state index contributed by atoms with van der Waals surface area (Å²) in [6.07, 6.45) is 7.49. The van der Waals surface area contributed by atoms with Crippen molar-refractivity contribution in [3.8, 4) is 0 Å². The van der Waals surface area contributed by atoms with Gasteiger partial charge in [-0.15, -0.1) is 0 Å². The predicted octanol–water partition coefficient (Wildman–Crippen LogP) is 1.45. The molecule has 1 aromatic rings. The molecule has 2 unspecified atom stereocenters. The SMILES string of the molecule is O=C(C(c1cccnc1)N1CCCC1)N1C[C@H]2CC(O)C[C@H]2C1. The highest BCUT2D eigenvalue weighted by atomic mass is 16.3. The number of pyridine rings is 1. The van der Waals surface area contributed by atoms with Gasteiger partial charge in [0, 0.05) is 25.5 Å². The summed E-state index contributed by atoms with van der Waals surface area (Å²) in [5.74, 6) is 1.20. The number of amides is 1. The van der Waals surface area contributed by atoms with E-state index in [9.17, 15) is 9.90 Å². The van der Waals surface area contributed by atoms with Crippen LogP contribution < -0.4 is 0 Å². The van der Waals surface area contributed by atoms with Crippen LogP contribution in [-0.2, 0) is 4.79 Å². The Morgan fingerprint density at radius 2 is 1.91 bits per heavy atom. The number of rotatable bonds is 3. The highest BCUT2D eigenvalue weighted by molar-refractivity contribution is 5.83. The van der Waals surface area contributed by atoms with Crippen LogP contribution in [0.5, 0.6) is 0 Å². The molecule has 3 fully saturated rings. The molecule has 2 saturated heterocycles. The van der Waals surface area contributed by atoms with Gasteiger partial charge in [-0.3, -0.25) is 14.7 Å². The predicted molar refractivity (Wildman–Crippen MR) is 86.6 cm³/mol. The third-order valence-electron chi connectivity index (χ3n) is 5.78. The van der Waals surface area contributed by atoms with E-state index in [0.717, 1.165) is 44.6 Å². The van der Waals surface area contributed by atoms with Gasteiger partial charge in [-0.05, 0) is 62.2 Å². The summed E-state index contributed by atoms with van der Waals surface area (Å²) in [6, 6.07) is 3.75. The second-order valence-electron chi connectivity index (χ2n) is 7.32. The number of aromatic nitrogens is 1. The Balaban J connectivity index is 1.54. The zero-order valence-corrected chi connectivity index (χ0v) is 13.5. The van der Waals surface area contributed by atoms with E-state index in [0.29, 0.717) is 11.8 Å². The van der Waals surface area contributed by atoms with Crippen LogP contribution in [0.25, 0.3) is 0 Å². The molecule has 4 atom stereocenters. The van der Waals surface area contributed by atoms with Gasteiger partial charge in [0.05, 0.1) is 6.10 Å². The van der Waals surface area contributed by atoms with E-state index < -0.39 is 0 Å². The maximum absolute atomic E-state index is 13.2. The van der Waals surface area contributed by atoms with E-state index in [1.807, 2.05) is 23.2 Å². The number of nitrogens with zero attached hydrogens (tertiary/aromatic N) is 3. The summed E-state index contributed by atoms with van der Waals surface area (Å²) in [4.78, 5) is 21.8. The Morgan fingerprint density at radius 3 is 2.52 bits per heavy atom. The molecule has 0 spiro atoms. The van der Waals surface area contributed by atoms with Crippen molar-refractivity contribution < 1.29 is 9.90 Å². The average Bonchev–Trinajstić information content (AvgIpc) is 3.24. The van der Waals surface area contributed by atoms with E-state index in [1.54, 1.807) is 6.20 Å². The van der Waals surface area contributed by atoms with Gasteiger partial charge < -0.3 is 10.0 Å². The van der Waals surface area contributed by atoms with Gasteiger partial charge in [0.25, 0.3) is 0 Å². The lowest BCUT2D eigenvalue weighted by Gasteiger charge is -2.31. The molecule has 5 heteroatoms. The Kier molecular flexibility index (Phi) is 4.07. The summed E-state index contributed by atoms with van der Waals surface area (Å²) in [5.41, 5.74) is 1.01. The lowest BCUT2D eigenvalue weighted by Crippen LogP contribution is -2.41. The van der Waals surface area contributed by atoms with Crippen molar-refractivity contribution in [2.24, 2.45) is 11.8 Å². The number of hydrogen-bond donors (Lipinski definition) is 1. The third-order valence-corrected chi connectivity index (χ3v) is 5.78. The van der Waals surface area contributed by atoms with Crippen molar-refractivity contribution >= 4 is 5.91 Å². The summed E-state index contributed by atoms with van der Waals surface area (Å²) < 4.78 is 0. The van der Waals surface area contributed by atoms with E-state index in [1.165, 1.54) is 12.8 Å². The minimum absolute atomic E-state index is 0.157. The van der Waals surface area contributed by atoms with Crippen LogP contribution in [0.3, 0.4) is 0 Å². The molecule has 1 saturated carbocycles. The van der Waals surface area contributed by atoms with Crippen molar-refractivity contribution in [2.45, 2.75) is 37.8 Å². The van der Waals surface area contributed by atoms with Crippen molar-refractivity contribution in [3.05, 3.63) is 30.1 Å². The normalized spacial score (nSPS) is 32.2. The number of aliphatic hydroxyl groups is 1. The van der Waals surface area contributed by atoms with Gasteiger partial charge in [-0.25, -0.2) is 0 Å². The van der Waals surface area contributed by atoms with Gasteiger partial charge in [0.2, 0.25) is 5.91 Å². The molecule has 0 bridgehead atoms. The van der Waals surface area contributed by atoms with Gasteiger partial charge >= 0.3 is 0 Å². The van der Waals surface area contributed by atoms with Crippen LogP contribution in [0.4, 0.5) is 0 Å². The molecule has 1 aliphatic carbocycles. The smallest absolute Gasteiger partial charge is 0.244 e. The molecule has 1 N–H and O–H groups in total. The zero-order chi connectivity index (χ0) is 15.8. The first-order valence-electron chi connectivity index (χ1n) is 8.83. The van der Waals surface area contributed by atoms with Gasteiger partial charge in [-0.2, -0.15) is 0 Å². The second-order valence-corrected chi connectivity index (χ2v) is 7.32. The zero-order valence-electron chi connectivity index (χ0n) is 13.5. The fourth-order valence-electron chi connectivity index (χ4n) is 4.67.